The first-order chi connectivity index (χ1) is 19.1. The minimum atomic E-state index is -0.0794. The van der Waals surface area contributed by atoms with Crippen molar-refractivity contribution in [3.05, 3.63) is 101 Å². The van der Waals surface area contributed by atoms with E-state index in [0.29, 0.717) is 23.0 Å². The van der Waals surface area contributed by atoms with Crippen LogP contribution in [-0.2, 0) is 17.8 Å². The lowest BCUT2D eigenvalue weighted by atomic mass is 10.1. The van der Waals surface area contributed by atoms with Crippen LogP contribution in [0.25, 0.3) is 27.9 Å². The third-order valence-electron chi connectivity index (χ3n) is 6.81. The quantitative estimate of drug-likeness (QED) is 0.243. The number of amides is 1. The van der Waals surface area contributed by atoms with Gasteiger partial charge in [0.15, 0.2) is 5.17 Å². The van der Waals surface area contributed by atoms with Crippen molar-refractivity contribution in [2.75, 3.05) is 13.7 Å². The standard InChI is InChI=1S/C31H25N5O2S/c1-38-24-12-10-23(11-13-24)34-31-36(16-14-21-19-33-27-8-4-2-6-25(21)27)30(37)29(39-31)18-22-20-35(17-15-32)28-9-5-3-7-26(22)28/h2-13,18-20,33H,14,16-17H2,1H3/b29-18-,34-31?. The van der Waals surface area contributed by atoms with Crippen LogP contribution >= 0.6 is 11.8 Å². The summed E-state index contributed by atoms with van der Waals surface area (Å²) in [5, 5.41) is 12.1. The Balaban J connectivity index is 1.36. The Morgan fingerprint density at radius 3 is 2.62 bits per heavy atom. The molecule has 0 bridgehead atoms. The van der Waals surface area contributed by atoms with Crippen LogP contribution in [0.2, 0.25) is 0 Å². The molecule has 0 unspecified atom stereocenters. The summed E-state index contributed by atoms with van der Waals surface area (Å²) in [6.45, 7) is 0.738. The number of methoxy groups -OCH3 is 1. The van der Waals surface area contributed by atoms with Gasteiger partial charge >= 0.3 is 0 Å². The number of ether oxygens (including phenoxy) is 1. The smallest absolute Gasteiger partial charge is 0.266 e. The third kappa shape index (κ3) is 4.80. The highest BCUT2D eigenvalue weighted by atomic mass is 32.2. The van der Waals surface area contributed by atoms with Gasteiger partial charge in [0, 0.05) is 46.3 Å². The van der Waals surface area contributed by atoms with Gasteiger partial charge < -0.3 is 14.3 Å². The van der Waals surface area contributed by atoms with E-state index in [4.69, 9.17) is 9.73 Å². The summed E-state index contributed by atoms with van der Waals surface area (Å²) in [4.78, 5) is 24.3. The van der Waals surface area contributed by atoms with E-state index in [1.54, 1.807) is 12.0 Å². The number of nitrogens with zero attached hydrogens (tertiary/aromatic N) is 4. The first-order valence-corrected chi connectivity index (χ1v) is 13.4. The summed E-state index contributed by atoms with van der Waals surface area (Å²) >= 11 is 1.37. The lowest BCUT2D eigenvalue weighted by Gasteiger charge is -2.15. The Kier molecular flexibility index (Phi) is 6.66. The fourth-order valence-electron chi connectivity index (χ4n) is 4.86. The summed E-state index contributed by atoms with van der Waals surface area (Å²) in [7, 11) is 1.63. The van der Waals surface area contributed by atoms with Crippen molar-refractivity contribution in [1.29, 1.82) is 5.26 Å². The number of carbonyl (C=O) groups excluding carboxylic acids is 1. The molecule has 1 fully saturated rings. The van der Waals surface area contributed by atoms with Gasteiger partial charge in [0.05, 0.1) is 23.8 Å². The molecule has 0 spiro atoms. The highest BCUT2D eigenvalue weighted by Gasteiger charge is 2.33. The number of aromatic nitrogens is 2. The normalized spacial score (nSPS) is 15.6. The number of aliphatic imine (C=N–C) groups is 1. The van der Waals surface area contributed by atoms with Crippen molar-refractivity contribution in [3.8, 4) is 11.8 Å². The molecule has 8 heteroatoms. The molecule has 5 aromatic rings. The van der Waals surface area contributed by atoms with Crippen LogP contribution in [0.5, 0.6) is 5.75 Å². The van der Waals surface area contributed by atoms with Crippen LogP contribution in [0.3, 0.4) is 0 Å². The molecule has 0 atom stereocenters. The third-order valence-corrected chi connectivity index (χ3v) is 7.82. The molecule has 6 rings (SSSR count). The summed E-state index contributed by atoms with van der Waals surface area (Å²) in [6.07, 6.45) is 6.55. The topological polar surface area (TPSA) is 86.4 Å². The average Bonchev–Trinajstić information content (AvgIpc) is 3.63. The van der Waals surface area contributed by atoms with Crippen LogP contribution < -0.4 is 4.74 Å². The summed E-state index contributed by atoms with van der Waals surface area (Å²) in [6, 6.07) is 25.8. The zero-order valence-electron chi connectivity index (χ0n) is 21.3. The van der Waals surface area contributed by atoms with Crippen molar-refractivity contribution in [1.82, 2.24) is 14.5 Å². The minimum Gasteiger partial charge on any atom is -0.497 e. The maximum absolute atomic E-state index is 13.8. The van der Waals surface area contributed by atoms with Crippen molar-refractivity contribution in [2.45, 2.75) is 13.0 Å². The molecule has 1 saturated heterocycles. The zero-order valence-corrected chi connectivity index (χ0v) is 22.1. The van der Waals surface area contributed by atoms with Gasteiger partial charge in [-0.1, -0.05) is 36.4 Å². The molecule has 3 heterocycles. The highest BCUT2D eigenvalue weighted by molar-refractivity contribution is 8.18. The second-order valence-corrected chi connectivity index (χ2v) is 10.2. The van der Waals surface area contributed by atoms with Gasteiger partial charge in [0.25, 0.3) is 5.91 Å². The molecule has 1 N–H and O–H groups in total. The number of fused-ring (bicyclic) bond motifs is 2. The number of hydrogen-bond donors (Lipinski definition) is 1. The fourth-order valence-corrected chi connectivity index (χ4v) is 5.88. The Bertz CT molecular complexity index is 1790. The number of H-pyrrole nitrogens is 1. The monoisotopic (exact) mass is 531 g/mol. The minimum absolute atomic E-state index is 0.0794. The maximum atomic E-state index is 13.8. The van der Waals surface area contributed by atoms with Gasteiger partial charge in [-0.05, 0) is 66.2 Å². The predicted molar refractivity (Wildman–Crippen MR) is 157 cm³/mol. The number of thioether (sulfide) groups is 1. The van der Waals surface area contributed by atoms with Gasteiger partial charge in [-0.3, -0.25) is 9.69 Å². The van der Waals surface area contributed by atoms with E-state index in [2.05, 4.69) is 23.2 Å². The number of nitriles is 1. The number of amidine groups is 1. The van der Waals surface area contributed by atoms with Crippen LogP contribution in [0.15, 0.2) is 95.1 Å². The molecule has 1 aliphatic rings. The molecular weight excluding hydrogens is 506 g/mol. The van der Waals surface area contributed by atoms with E-state index in [-0.39, 0.29) is 12.5 Å². The molecule has 39 heavy (non-hydrogen) atoms. The number of aromatic amines is 1. The van der Waals surface area contributed by atoms with Crippen LogP contribution in [-0.4, -0.2) is 39.2 Å². The molecule has 0 saturated carbocycles. The van der Waals surface area contributed by atoms with Gasteiger partial charge in [-0.25, -0.2) is 4.99 Å². The first-order valence-electron chi connectivity index (χ1n) is 12.6. The Morgan fingerprint density at radius 2 is 1.82 bits per heavy atom. The second-order valence-electron chi connectivity index (χ2n) is 9.16. The molecular formula is C31H25N5O2S. The summed E-state index contributed by atoms with van der Waals surface area (Å²) in [5.74, 6) is 0.670. The molecule has 3 aromatic carbocycles. The average molecular weight is 532 g/mol. The molecule has 7 nitrogen and oxygen atoms in total. The lowest BCUT2D eigenvalue weighted by molar-refractivity contribution is -0.122. The van der Waals surface area contributed by atoms with E-state index in [9.17, 15) is 10.1 Å². The van der Waals surface area contributed by atoms with Gasteiger partial charge in [-0.2, -0.15) is 5.26 Å². The molecule has 0 radical (unpaired) electrons. The highest BCUT2D eigenvalue weighted by Crippen LogP contribution is 2.36. The maximum Gasteiger partial charge on any atom is 0.266 e. The number of benzene rings is 3. The Labute approximate surface area is 230 Å². The largest absolute Gasteiger partial charge is 0.497 e. The van der Waals surface area contributed by atoms with Crippen molar-refractivity contribution in [3.63, 3.8) is 0 Å². The van der Waals surface area contributed by atoms with E-state index in [1.807, 2.05) is 83.7 Å². The van der Waals surface area contributed by atoms with E-state index < -0.39 is 0 Å². The second kappa shape index (κ2) is 10.6. The van der Waals surface area contributed by atoms with E-state index in [1.165, 1.54) is 11.8 Å². The number of nitrogens with one attached hydrogen (secondary N) is 1. The van der Waals surface area contributed by atoms with Gasteiger partial charge in [0.1, 0.15) is 12.3 Å². The van der Waals surface area contributed by atoms with Crippen molar-refractivity contribution >= 4 is 56.4 Å². The van der Waals surface area contributed by atoms with Crippen LogP contribution in [0.1, 0.15) is 11.1 Å². The molecule has 192 valence electrons. The Morgan fingerprint density at radius 1 is 1.05 bits per heavy atom. The summed E-state index contributed by atoms with van der Waals surface area (Å²) < 4.78 is 7.19. The molecule has 1 aliphatic heterocycles. The van der Waals surface area contributed by atoms with Crippen LogP contribution in [0.4, 0.5) is 5.69 Å². The summed E-state index contributed by atoms with van der Waals surface area (Å²) in [5.41, 5.74) is 4.85. The van der Waals surface area contributed by atoms with Crippen molar-refractivity contribution < 1.29 is 9.53 Å². The van der Waals surface area contributed by atoms with Crippen LogP contribution in [0, 0.1) is 11.3 Å². The molecule has 2 aromatic heterocycles. The zero-order chi connectivity index (χ0) is 26.8. The van der Waals surface area contributed by atoms with Gasteiger partial charge in [-0.15, -0.1) is 0 Å². The Hall–Kier alpha value is -4.74. The molecule has 0 aliphatic carbocycles. The number of para-hydroxylation sites is 2. The van der Waals surface area contributed by atoms with E-state index >= 15 is 0 Å². The van der Waals surface area contributed by atoms with Gasteiger partial charge in [0.2, 0.25) is 0 Å². The number of carbonyl (C=O) groups is 1. The predicted octanol–water partition coefficient (Wildman–Crippen LogP) is 6.50. The number of rotatable bonds is 7. The SMILES string of the molecule is COc1ccc(N=C2S/C(=C\c3cn(CC#N)c4ccccc34)C(=O)N2CCc2c[nH]c3ccccc23)cc1. The van der Waals surface area contributed by atoms with E-state index in [0.717, 1.165) is 44.4 Å². The van der Waals surface area contributed by atoms with Crippen molar-refractivity contribution in [2.24, 2.45) is 4.99 Å². The fraction of sp³-hybridized carbons (Fsp3) is 0.129. The lowest BCUT2D eigenvalue weighted by Crippen LogP contribution is -2.31. The first kappa shape index (κ1) is 24.6. The molecule has 1 amide bonds. The number of hydrogen-bond acceptors (Lipinski definition) is 5.